The Kier molecular flexibility index (Phi) is 2.77. The van der Waals surface area contributed by atoms with Gasteiger partial charge in [-0.15, -0.1) is 0 Å². The maximum absolute atomic E-state index is 12.7. The van der Waals surface area contributed by atoms with E-state index in [4.69, 9.17) is 0 Å². The van der Waals surface area contributed by atoms with E-state index in [9.17, 15) is 9.18 Å². The molecule has 15 heavy (non-hydrogen) atoms. The Hall–Kier alpha value is -1.69. The van der Waals surface area contributed by atoms with Crippen LogP contribution < -0.4 is 10.2 Å². The van der Waals surface area contributed by atoms with Crippen LogP contribution in [0.15, 0.2) is 28.4 Å². The van der Waals surface area contributed by atoms with E-state index in [1.165, 1.54) is 6.07 Å². The molecule has 0 unspecified atom stereocenters. The van der Waals surface area contributed by atoms with Crippen LogP contribution in [-0.4, -0.2) is 9.97 Å². The topological polar surface area (TPSA) is 57.8 Å². The van der Waals surface area contributed by atoms with Crippen LogP contribution in [-0.2, 0) is 6.54 Å². The number of nitrogens with one attached hydrogen (secondary N) is 2. The zero-order valence-corrected chi connectivity index (χ0v) is 8.47. The van der Waals surface area contributed by atoms with Crippen molar-refractivity contribution in [3.05, 3.63) is 44.9 Å². The van der Waals surface area contributed by atoms with Gasteiger partial charge in [0, 0.05) is 11.1 Å². The lowest BCUT2D eigenvalue weighted by atomic mass is 10.4. The van der Waals surface area contributed by atoms with Gasteiger partial charge in [0.1, 0.15) is 5.82 Å². The molecule has 0 aliphatic carbocycles. The van der Waals surface area contributed by atoms with E-state index in [1.54, 1.807) is 17.5 Å². The highest BCUT2D eigenvalue weighted by atomic mass is 32.1. The molecule has 0 saturated carbocycles. The van der Waals surface area contributed by atoms with E-state index in [0.29, 0.717) is 12.4 Å². The predicted molar refractivity (Wildman–Crippen MR) is 56.5 cm³/mol. The van der Waals surface area contributed by atoms with Crippen LogP contribution in [0.3, 0.4) is 0 Å². The molecule has 0 aliphatic rings. The first-order valence-corrected chi connectivity index (χ1v) is 5.15. The number of aromatic nitrogens is 2. The molecule has 2 N–H and O–H groups in total. The van der Waals surface area contributed by atoms with Crippen LogP contribution in [0.1, 0.15) is 5.69 Å². The highest BCUT2D eigenvalue weighted by Crippen LogP contribution is 2.05. The highest BCUT2D eigenvalue weighted by Gasteiger charge is 1.98. The maximum atomic E-state index is 12.7. The smallest absolute Gasteiger partial charge is 0.304 e. The van der Waals surface area contributed by atoms with Crippen molar-refractivity contribution in [3.8, 4) is 0 Å². The van der Waals surface area contributed by atoms with Crippen molar-refractivity contribution in [1.29, 1.82) is 0 Å². The molecule has 78 valence electrons. The second kappa shape index (κ2) is 4.22. The third kappa shape index (κ3) is 2.63. The summed E-state index contributed by atoms with van der Waals surface area (Å²) in [6, 6.07) is 4.51. The summed E-state index contributed by atoms with van der Waals surface area (Å²) in [6.07, 6.45) is 0. The van der Waals surface area contributed by atoms with Crippen molar-refractivity contribution >= 4 is 17.2 Å². The summed E-state index contributed by atoms with van der Waals surface area (Å²) in [7, 11) is 0. The van der Waals surface area contributed by atoms with Crippen LogP contribution >= 0.6 is 11.3 Å². The van der Waals surface area contributed by atoms with E-state index in [0.717, 1.165) is 17.0 Å². The molecule has 0 spiro atoms. The van der Waals surface area contributed by atoms with Gasteiger partial charge < -0.3 is 10.3 Å². The summed E-state index contributed by atoms with van der Waals surface area (Å²) in [5, 5.41) is 4.62. The number of rotatable bonds is 3. The molecule has 2 rings (SSSR count). The first kappa shape index (κ1) is 9.85. The summed E-state index contributed by atoms with van der Waals surface area (Å²) in [4.78, 5) is 17.0. The van der Waals surface area contributed by atoms with Gasteiger partial charge in [0.15, 0.2) is 0 Å². The number of H-pyrrole nitrogens is 1. The number of pyridine rings is 1. The van der Waals surface area contributed by atoms with Crippen LogP contribution in [0, 0.1) is 5.95 Å². The Morgan fingerprint density at radius 1 is 1.53 bits per heavy atom. The third-order valence-corrected chi connectivity index (χ3v) is 2.46. The van der Waals surface area contributed by atoms with Crippen LogP contribution in [0.4, 0.5) is 10.2 Å². The summed E-state index contributed by atoms with van der Waals surface area (Å²) in [6.45, 7) is 0.426. The average Bonchev–Trinajstić information content (AvgIpc) is 2.62. The van der Waals surface area contributed by atoms with Gasteiger partial charge in [-0.2, -0.15) is 4.39 Å². The Morgan fingerprint density at radius 3 is 3.07 bits per heavy atom. The highest BCUT2D eigenvalue weighted by molar-refractivity contribution is 7.07. The molecule has 0 saturated heterocycles. The quantitative estimate of drug-likeness (QED) is 0.780. The standard InChI is InChI=1S/C9H8FN3OS/c10-7-2-1-3-8(13-7)11-4-6-5-15-9(14)12-6/h1-3,5H,4H2,(H,11,13)(H,12,14). The molecule has 0 bridgehead atoms. The van der Waals surface area contributed by atoms with Crippen LogP contribution in [0.25, 0.3) is 0 Å². The largest absolute Gasteiger partial charge is 0.364 e. The molecule has 2 aromatic rings. The van der Waals surface area contributed by atoms with Crippen molar-refractivity contribution in [2.45, 2.75) is 6.54 Å². The van der Waals surface area contributed by atoms with E-state index >= 15 is 0 Å². The Bertz CT molecular complexity index is 508. The fourth-order valence-corrected chi connectivity index (χ4v) is 1.67. The maximum Gasteiger partial charge on any atom is 0.304 e. The monoisotopic (exact) mass is 225 g/mol. The molecule has 0 amide bonds. The van der Waals surface area contributed by atoms with Crippen molar-refractivity contribution in [2.24, 2.45) is 0 Å². The Balaban J connectivity index is 2.02. The van der Waals surface area contributed by atoms with Crippen molar-refractivity contribution in [2.75, 3.05) is 5.32 Å². The summed E-state index contributed by atoms with van der Waals surface area (Å²) in [5.74, 6) is -0.0825. The molecule has 0 fully saturated rings. The van der Waals surface area contributed by atoms with Gasteiger partial charge in [-0.25, -0.2) is 4.98 Å². The fraction of sp³-hybridized carbons (Fsp3) is 0.111. The molecule has 2 aromatic heterocycles. The van der Waals surface area contributed by atoms with Crippen LogP contribution in [0.5, 0.6) is 0 Å². The SMILES string of the molecule is O=c1[nH]c(CNc2cccc(F)n2)cs1. The van der Waals surface area contributed by atoms with E-state index in [-0.39, 0.29) is 4.87 Å². The van der Waals surface area contributed by atoms with Gasteiger partial charge in [-0.05, 0) is 12.1 Å². The number of halogens is 1. The average molecular weight is 225 g/mol. The summed E-state index contributed by atoms with van der Waals surface area (Å²) in [5.41, 5.74) is 0.760. The first-order valence-electron chi connectivity index (χ1n) is 4.27. The second-order valence-electron chi connectivity index (χ2n) is 2.87. The van der Waals surface area contributed by atoms with Gasteiger partial charge >= 0.3 is 4.87 Å². The number of anilines is 1. The van der Waals surface area contributed by atoms with E-state index in [1.807, 2.05) is 0 Å². The normalized spacial score (nSPS) is 10.2. The van der Waals surface area contributed by atoms with Crippen molar-refractivity contribution in [3.63, 3.8) is 0 Å². The Morgan fingerprint density at radius 2 is 2.40 bits per heavy atom. The minimum atomic E-state index is -0.529. The lowest BCUT2D eigenvalue weighted by Gasteiger charge is -2.02. The van der Waals surface area contributed by atoms with Gasteiger partial charge in [-0.3, -0.25) is 4.79 Å². The Labute approximate surface area is 88.8 Å². The van der Waals surface area contributed by atoms with Crippen molar-refractivity contribution < 1.29 is 4.39 Å². The van der Waals surface area contributed by atoms with Crippen molar-refractivity contribution in [1.82, 2.24) is 9.97 Å². The molecule has 0 atom stereocenters. The number of nitrogens with zero attached hydrogens (tertiary/aromatic N) is 1. The van der Waals surface area contributed by atoms with Gasteiger partial charge in [0.25, 0.3) is 0 Å². The third-order valence-electron chi connectivity index (χ3n) is 1.75. The molecular formula is C9H8FN3OS. The summed E-state index contributed by atoms with van der Waals surface area (Å²) >= 11 is 1.10. The van der Waals surface area contributed by atoms with Gasteiger partial charge in [-0.1, -0.05) is 17.4 Å². The molecule has 0 aliphatic heterocycles. The fourth-order valence-electron chi connectivity index (χ4n) is 1.09. The lowest BCUT2D eigenvalue weighted by Crippen LogP contribution is -2.04. The molecule has 0 aromatic carbocycles. The lowest BCUT2D eigenvalue weighted by molar-refractivity contribution is 0.585. The van der Waals surface area contributed by atoms with Crippen LogP contribution in [0.2, 0.25) is 0 Å². The van der Waals surface area contributed by atoms with E-state index in [2.05, 4.69) is 15.3 Å². The number of thiazole rings is 1. The predicted octanol–water partition coefficient (Wildman–Crippen LogP) is 1.58. The van der Waals surface area contributed by atoms with Gasteiger partial charge in [0.2, 0.25) is 5.95 Å². The zero-order valence-electron chi connectivity index (χ0n) is 7.66. The number of hydrogen-bond acceptors (Lipinski definition) is 4. The molecule has 6 heteroatoms. The summed E-state index contributed by atoms with van der Waals surface area (Å²) < 4.78 is 12.7. The molecule has 4 nitrogen and oxygen atoms in total. The molecule has 0 radical (unpaired) electrons. The number of aromatic amines is 1. The molecule has 2 heterocycles. The minimum Gasteiger partial charge on any atom is -0.364 e. The number of hydrogen-bond donors (Lipinski definition) is 2. The first-order chi connectivity index (χ1) is 7.24. The molecular weight excluding hydrogens is 217 g/mol. The second-order valence-corrected chi connectivity index (χ2v) is 3.71. The zero-order chi connectivity index (χ0) is 10.7. The minimum absolute atomic E-state index is 0.0981. The van der Waals surface area contributed by atoms with E-state index < -0.39 is 5.95 Å². The van der Waals surface area contributed by atoms with Gasteiger partial charge in [0.05, 0.1) is 6.54 Å².